The second kappa shape index (κ2) is 6.24. The number of nitrogens with zero attached hydrogens (tertiary/aromatic N) is 1. The first-order valence-electron chi connectivity index (χ1n) is 8.41. The molecule has 0 unspecified atom stereocenters. The number of ether oxygens (including phenoxy) is 1. The van der Waals surface area contributed by atoms with E-state index in [1.165, 1.54) is 35.2 Å². The molecule has 4 rings (SSSR count). The van der Waals surface area contributed by atoms with Gasteiger partial charge in [-0.05, 0) is 49.2 Å². The Morgan fingerprint density at radius 2 is 2.00 bits per heavy atom. The second-order valence-electron chi connectivity index (χ2n) is 6.32. The van der Waals surface area contributed by atoms with Crippen LogP contribution in [0.1, 0.15) is 24.2 Å². The molecule has 1 aromatic heterocycles. The van der Waals surface area contributed by atoms with Crippen molar-refractivity contribution < 1.29 is 13.9 Å². The maximum atomic E-state index is 12.9. The van der Waals surface area contributed by atoms with Gasteiger partial charge in [0.1, 0.15) is 11.6 Å². The summed E-state index contributed by atoms with van der Waals surface area (Å²) in [5.41, 5.74) is 3.50. The zero-order valence-corrected chi connectivity index (χ0v) is 14.0. The van der Waals surface area contributed by atoms with E-state index in [4.69, 9.17) is 4.74 Å². The highest BCUT2D eigenvalue weighted by atomic mass is 19.1. The molecule has 0 saturated heterocycles. The van der Waals surface area contributed by atoms with E-state index in [1.54, 1.807) is 0 Å². The van der Waals surface area contributed by atoms with Gasteiger partial charge in [-0.2, -0.15) is 0 Å². The Morgan fingerprint density at radius 3 is 2.80 bits per heavy atom. The van der Waals surface area contributed by atoms with Gasteiger partial charge in [0.05, 0.1) is 6.04 Å². The molecule has 0 spiro atoms. The molecule has 4 nitrogen and oxygen atoms in total. The molecule has 0 aliphatic carbocycles. The lowest BCUT2D eigenvalue weighted by Crippen LogP contribution is -2.41. The van der Waals surface area contributed by atoms with Crippen molar-refractivity contribution in [1.82, 2.24) is 9.88 Å². The van der Waals surface area contributed by atoms with E-state index in [0.29, 0.717) is 12.3 Å². The van der Waals surface area contributed by atoms with Crippen LogP contribution in [0.3, 0.4) is 0 Å². The van der Waals surface area contributed by atoms with Gasteiger partial charge in [0.2, 0.25) is 0 Å². The Labute approximate surface area is 145 Å². The van der Waals surface area contributed by atoms with Gasteiger partial charge >= 0.3 is 0 Å². The summed E-state index contributed by atoms with van der Waals surface area (Å²) >= 11 is 0. The van der Waals surface area contributed by atoms with Crippen molar-refractivity contribution in [3.05, 3.63) is 65.6 Å². The Morgan fingerprint density at radius 1 is 1.24 bits per heavy atom. The number of amides is 1. The molecule has 0 radical (unpaired) electrons. The van der Waals surface area contributed by atoms with Gasteiger partial charge in [-0.1, -0.05) is 18.2 Å². The minimum absolute atomic E-state index is 0.0273. The van der Waals surface area contributed by atoms with Gasteiger partial charge < -0.3 is 14.6 Å². The van der Waals surface area contributed by atoms with Crippen LogP contribution in [0.25, 0.3) is 10.9 Å². The lowest BCUT2D eigenvalue weighted by molar-refractivity contribution is -0.136. The molecular weight excluding hydrogens is 319 g/mol. The fraction of sp³-hybridized carbons (Fsp3) is 0.250. The number of nitrogens with one attached hydrogen (secondary N) is 1. The highest BCUT2D eigenvalue weighted by Gasteiger charge is 2.30. The standard InChI is InChI=1S/C20H19FN2O2/c1-13-20-17(16-4-2-3-5-18(16)22-20)10-11-23(13)19(24)12-25-15-8-6-14(21)7-9-15/h2-9,13,22H,10-12H2,1H3/t13-/m1/s1. The van der Waals surface area contributed by atoms with E-state index in [2.05, 4.69) is 17.1 Å². The fourth-order valence-corrected chi connectivity index (χ4v) is 3.53. The van der Waals surface area contributed by atoms with Crippen molar-refractivity contribution in [3.63, 3.8) is 0 Å². The molecule has 0 saturated carbocycles. The summed E-state index contributed by atoms with van der Waals surface area (Å²) in [6.07, 6.45) is 0.825. The molecule has 2 aromatic carbocycles. The smallest absolute Gasteiger partial charge is 0.261 e. The van der Waals surface area contributed by atoms with Crippen LogP contribution in [0, 0.1) is 5.82 Å². The van der Waals surface area contributed by atoms with E-state index in [1.807, 2.05) is 24.0 Å². The summed E-state index contributed by atoms with van der Waals surface area (Å²) in [6, 6.07) is 13.9. The van der Waals surface area contributed by atoms with Gasteiger partial charge in [0.25, 0.3) is 5.91 Å². The van der Waals surface area contributed by atoms with Crippen molar-refractivity contribution in [2.75, 3.05) is 13.2 Å². The molecule has 0 bridgehead atoms. The van der Waals surface area contributed by atoms with Gasteiger partial charge in [0.15, 0.2) is 6.61 Å². The van der Waals surface area contributed by atoms with Gasteiger partial charge in [-0.15, -0.1) is 0 Å². The van der Waals surface area contributed by atoms with Crippen molar-refractivity contribution in [3.8, 4) is 5.75 Å². The van der Waals surface area contributed by atoms with Crippen LogP contribution < -0.4 is 4.74 Å². The third-order valence-corrected chi connectivity index (χ3v) is 4.83. The van der Waals surface area contributed by atoms with Crippen LogP contribution in [0.5, 0.6) is 5.75 Å². The minimum Gasteiger partial charge on any atom is -0.484 e. The number of rotatable bonds is 3. The Balaban J connectivity index is 1.49. The molecule has 3 aromatic rings. The van der Waals surface area contributed by atoms with Crippen molar-refractivity contribution in [2.45, 2.75) is 19.4 Å². The number of carbonyl (C=O) groups is 1. The van der Waals surface area contributed by atoms with E-state index in [9.17, 15) is 9.18 Å². The first kappa shape index (κ1) is 15.7. The van der Waals surface area contributed by atoms with E-state index >= 15 is 0 Å². The number of para-hydroxylation sites is 1. The summed E-state index contributed by atoms with van der Waals surface area (Å²) < 4.78 is 18.4. The maximum Gasteiger partial charge on any atom is 0.261 e. The number of H-pyrrole nitrogens is 1. The average molecular weight is 338 g/mol. The molecule has 1 atom stereocenters. The Kier molecular flexibility index (Phi) is 3.92. The summed E-state index contributed by atoms with van der Waals surface area (Å²) in [5.74, 6) is 0.0986. The van der Waals surface area contributed by atoms with E-state index in [-0.39, 0.29) is 24.4 Å². The molecular formula is C20H19FN2O2. The van der Waals surface area contributed by atoms with Gasteiger partial charge in [0, 0.05) is 23.1 Å². The number of aromatic amines is 1. The number of hydrogen-bond donors (Lipinski definition) is 1. The predicted molar refractivity (Wildman–Crippen MR) is 94.0 cm³/mol. The molecule has 1 aliphatic heterocycles. The van der Waals surface area contributed by atoms with Crippen LogP contribution >= 0.6 is 0 Å². The first-order chi connectivity index (χ1) is 12.1. The van der Waals surface area contributed by atoms with E-state index in [0.717, 1.165) is 17.6 Å². The zero-order chi connectivity index (χ0) is 17.4. The molecule has 1 amide bonds. The first-order valence-corrected chi connectivity index (χ1v) is 8.41. The number of fused-ring (bicyclic) bond motifs is 3. The highest BCUT2D eigenvalue weighted by molar-refractivity contribution is 5.86. The molecule has 128 valence electrons. The van der Waals surface area contributed by atoms with Crippen LogP contribution in [-0.4, -0.2) is 28.9 Å². The van der Waals surface area contributed by atoms with Crippen molar-refractivity contribution in [2.24, 2.45) is 0 Å². The summed E-state index contributed by atoms with van der Waals surface area (Å²) in [7, 11) is 0. The number of hydrogen-bond acceptors (Lipinski definition) is 2. The number of halogens is 1. The average Bonchev–Trinajstić information content (AvgIpc) is 3.01. The van der Waals surface area contributed by atoms with Crippen molar-refractivity contribution in [1.29, 1.82) is 0 Å². The molecule has 1 N–H and O–H groups in total. The number of carbonyl (C=O) groups excluding carboxylic acids is 1. The highest BCUT2D eigenvalue weighted by Crippen LogP contribution is 2.34. The molecule has 1 aliphatic rings. The maximum absolute atomic E-state index is 12.9. The van der Waals surface area contributed by atoms with Crippen LogP contribution in [0.2, 0.25) is 0 Å². The monoisotopic (exact) mass is 338 g/mol. The molecule has 5 heteroatoms. The SMILES string of the molecule is C[C@@H]1c2[nH]c3ccccc3c2CCN1C(=O)COc1ccc(F)cc1. The van der Waals surface area contributed by atoms with Crippen LogP contribution in [0.4, 0.5) is 4.39 Å². The largest absolute Gasteiger partial charge is 0.484 e. The number of benzene rings is 2. The molecule has 0 fully saturated rings. The lowest BCUT2D eigenvalue weighted by atomic mass is 9.98. The molecule has 2 heterocycles. The summed E-state index contributed by atoms with van der Waals surface area (Å²) in [6.45, 7) is 2.65. The quantitative estimate of drug-likeness (QED) is 0.789. The molecule has 25 heavy (non-hydrogen) atoms. The van der Waals surface area contributed by atoms with Gasteiger partial charge in [-0.25, -0.2) is 4.39 Å². The van der Waals surface area contributed by atoms with Gasteiger partial charge in [-0.3, -0.25) is 4.79 Å². The second-order valence-corrected chi connectivity index (χ2v) is 6.32. The Bertz CT molecular complexity index is 917. The predicted octanol–water partition coefficient (Wildman–Crippen LogP) is 3.83. The fourth-order valence-electron chi connectivity index (χ4n) is 3.53. The minimum atomic E-state index is -0.324. The van der Waals surface area contributed by atoms with E-state index < -0.39 is 0 Å². The third-order valence-electron chi connectivity index (χ3n) is 4.83. The number of aromatic nitrogens is 1. The third kappa shape index (κ3) is 2.86. The van der Waals surface area contributed by atoms with Crippen LogP contribution in [0.15, 0.2) is 48.5 Å². The normalized spacial score (nSPS) is 16.7. The Hall–Kier alpha value is -2.82. The van der Waals surface area contributed by atoms with Crippen LogP contribution in [-0.2, 0) is 11.2 Å². The summed E-state index contributed by atoms with van der Waals surface area (Å²) in [4.78, 5) is 17.9. The van der Waals surface area contributed by atoms with Crippen molar-refractivity contribution >= 4 is 16.8 Å². The lowest BCUT2D eigenvalue weighted by Gasteiger charge is -2.33. The zero-order valence-electron chi connectivity index (χ0n) is 14.0. The summed E-state index contributed by atoms with van der Waals surface area (Å²) in [5, 5.41) is 1.24. The topological polar surface area (TPSA) is 45.3 Å².